The molecule has 0 aliphatic heterocycles. The van der Waals surface area contributed by atoms with E-state index in [0.717, 1.165) is 16.4 Å². The molecular formula is C10H13IO. The summed E-state index contributed by atoms with van der Waals surface area (Å²) in [6.45, 7) is 2.15. The van der Waals surface area contributed by atoms with Crippen LogP contribution in [0.4, 0.5) is 0 Å². The molecule has 12 heavy (non-hydrogen) atoms. The molecule has 0 fully saturated rings. The number of halogens is 1. The lowest BCUT2D eigenvalue weighted by atomic mass is 9.98. The van der Waals surface area contributed by atoms with Crippen molar-refractivity contribution in [3.05, 3.63) is 29.8 Å². The predicted molar refractivity (Wildman–Crippen MR) is 60.0 cm³/mol. The van der Waals surface area contributed by atoms with Crippen LogP contribution in [0, 0.1) is 0 Å². The molecule has 2 heteroatoms. The largest absolute Gasteiger partial charge is 0.508 e. The van der Waals surface area contributed by atoms with E-state index in [1.165, 1.54) is 0 Å². The van der Waals surface area contributed by atoms with Crippen LogP contribution in [0.2, 0.25) is 0 Å². The third-order valence-corrected chi connectivity index (χ3v) is 3.12. The predicted octanol–water partition coefficient (Wildman–Crippen LogP) is 3.32. The first-order valence-corrected chi connectivity index (χ1v) is 5.66. The van der Waals surface area contributed by atoms with E-state index in [0.29, 0.717) is 11.7 Å². The van der Waals surface area contributed by atoms with Crippen molar-refractivity contribution in [2.45, 2.75) is 19.3 Å². The summed E-state index contributed by atoms with van der Waals surface area (Å²) in [5.41, 5.74) is 1.08. The van der Waals surface area contributed by atoms with E-state index in [-0.39, 0.29) is 0 Å². The highest BCUT2D eigenvalue weighted by molar-refractivity contribution is 14.1. The standard InChI is InChI=1S/C10H13IO/c1-2-8(7-11)9-5-3-4-6-10(9)12/h3-6,8,12H,2,7H2,1H3. The molecule has 1 nitrogen and oxygen atoms in total. The molecule has 0 aliphatic carbocycles. The second-order valence-corrected chi connectivity index (χ2v) is 3.70. The van der Waals surface area contributed by atoms with Gasteiger partial charge in [0.2, 0.25) is 0 Å². The topological polar surface area (TPSA) is 20.2 Å². The van der Waals surface area contributed by atoms with E-state index in [1.807, 2.05) is 18.2 Å². The Balaban J connectivity index is 2.92. The molecule has 0 heterocycles. The van der Waals surface area contributed by atoms with Crippen LogP contribution in [0.15, 0.2) is 24.3 Å². The monoisotopic (exact) mass is 276 g/mol. The van der Waals surface area contributed by atoms with Crippen LogP contribution in [0.3, 0.4) is 0 Å². The van der Waals surface area contributed by atoms with Gasteiger partial charge in [0.1, 0.15) is 5.75 Å². The third kappa shape index (κ3) is 2.12. The molecule has 1 unspecified atom stereocenters. The van der Waals surface area contributed by atoms with E-state index < -0.39 is 0 Å². The second-order valence-electron chi connectivity index (χ2n) is 2.82. The molecule has 1 N–H and O–H groups in total. The molecule has 1 aromatic carbocycles. The molecule has 0 amide bonds. The van der Waals surface area contributed by atoms with Gasteiger partial charge in [-0.15, -0.1) is 0 Å². The van der Waals surface area contributed by atoms with Gasteiger partial charge < -0.3 is 5.11 Å². The van der Waals surface area contributed by atoms with Crippen molar-refractivity contribution in [2.24, 2.45) is 0 Å². The van der Waals surface area contributed by atoms with Crippen molar-refractivity contribution in [1.29, 1.82) is 0 Å². The SMILES string of the molecule is CCC(CI)c1ccccc1O. The zero-order valence-electron chi connectivity index (χ0n) is 7.13. The van der Waals surface area contributed by atoms with Crippen molar-refractivity contribution in [3.8, 4) is 5.75 Å². The van der Waals surface area contributed by atoms with Gasteiger partial charge >= 0.3 is 0 Å². The summed E-state index contributed by atoms with van der Waals surface area (Å²) in [5, 5.41) is 9.54. The normalized spacial score (nSPS) is 12.8. The fourth-order valence-electron chi connectivity index (χ4n) is 1.24. The molecule has 66 valence electrons. The first-order valence-electron chi connectivity index (χ1n) is 4.13. The Morgan fingerprint density at radius 1 is 1.42 bits per heavy atom. The average molecular weight is 276 g/mol. The maximum atomic E-state index is 9.54. The molecule has 0 aromatic heterocycles. The molecule has 1 aromatic rings. The minimum atomic E-state index is 0.431. The lowest BCUT2D eigenvalue weighted by Gasteiger charge is -2.12. The quantitative estimate of drug-likeness (QED) is 0.663. The maximum absolute atomic E-state index is 9.54. The number of alkyl halides is 1. The molecular weight excluding hydrogens is 263 g/mol. The lowest BCUT2D eigenvalue weighted by Crippen LogP contribution is -1.98. The average Bonchev–Trinajstić information content (AvgIpc) is 2.10. The molecule has 0 saturated heterocycles. The fourth-order valence-corrected chi connectivity index (χ4v) is 2.34. The Morgan fingerprint density at radius 2 is 2.08 bits per heavy atom. The van der Waals surface area contributed by atoms with E-state index in [9.17, 15) is 5.11 Å². The van der Waals surface area contributed by atoms with Crippen LogP contribution < -0.4 is 0 Å². The number of hydrogen-bond donors (Lipinski definition) is 1. The Hall–Kier alpha value is -0.250. The minimum absolute atomic E-state index is 0.431. The van der Waals surface area contributed by atoms with Crippen molar-refractivity contribution in [1.82, 2.24) is 0 Å². The van der Waals surface area contributed by atoms with E-state index in [2.05, 4.69) is 29.5 Å². The maximum Gasteiger partial charge on any atom is 0.119 e. The number of aromatic hydroxyl groups is 1. The lowest BCUT2D eigenvalue weighted by molar-refractivity contribution is 0.463. The van der Waals surface area contributed by atoms with Crippen LogP contribution in [0.5, 0.6) is 5.75 Å². The molecule has 0 bridgehead atoms. The van der Waals surface area contributed by atoms with Gasteiger partial charge in [0.05, 0.1) is 0 Å². The number of rotatable bonds is 3. The van der Waals surface area contributed by atoms with Crippen LogP contribution >= 0.6 is 22.6 Å². The summed E-state index contributed by atoms with van der Waals surface area (Å²) in [5.74, 6) is 0.924. The van der Waals surface area contributed by atoms with Gasteiger partial charge in [-0.2, -0.15) is 0 Å². The highest BCUT2D eigenvalue weighted by atomic mass is 127. The highest BCUT2D eigenvalue weighted by Crippen LogP contribution is 2.28. The van der Waals surface area contributed by atoms with E-state index in [4.69, 9.17) is 0 Å². The molecule has 1 atom stereocenters. The Labute approximate surface area is 86.9 Å². The first-order chi connectivity index (χ1) is 5.79. The zero-order valence-corrected chi connectivity index (χ0v) is 9.28. The smallest absolute Gasteiger partial charge is 0.119 e. The number of hydrogen-bond acceptors (Lipinski definition) is 1. The number of benzene rings is 1. The molecule has 0 radical (unpaired) electrons. The second kappa shape index (κ2) is 4.70. The summed E-state index contributed by atoms with van der Waals surface area (Å²) >= 11 is 2.36. The summed E-state index contributed by atoms with van der Waals surface area (Å²) in [6.07, 6.45) is 1.08. The summed E-state index contributed by atoms with van der Waals surface area (Å²) in [4.78, 5) is 0. The van der Waals surface area contributed by atoms with Crippen LogP contribution in [0.1, 0.15) is 24.8 Å². The molecule has 0 saturated carbocycles. The molecule has 1 rings (SSSR count). The van der Waals surface area contributed by atoms with Crippen molar-refractivity contribution >= 4 is 22.6 Å². The minimum Gasteiger partial charge on any atom is -0.508 e. The molecule has 0 aliphatic rings. The van der Waals surface area contributed by atoms with Crippen LogP contribution in [-0.2, 0) is 0 Å². The summed E-state index contributed by atoms with van der Waals surface area (Å²) in [7, 11) is 0. The zero-order chi connectivity index (χ0) is 8.97. The van der Waals surface area contributed by atoms with E-state index >= 15 is 0 Å². The Bertz CT molecular complexity index is 243. The van der Waals surface area contributed by atoms with Gasteiger partial charge in [-0.3, -0.25) is 0 Å². The first kappa shape index (κ1) is 9.84. The number of phenols is 1. The highest BCUT2D eigenvalue weighted by Gasteiger charge is 2.10. The Morgan fingerprint density at radius 3 is 2.58 bits per heavy atom. The number of para-hydroxylation sites is 1. The van der Waals surface area contributed by atoms with Crippen molar-refractivity contribution in [2.75, 3.05) is 4.43 Å². The number of phenolic OH excluding ortho intramolecular Hbond substituents is 1. The summed E-state index contributed by atoms with van der Waals surface area (Å²) in [6, 6.07) is 7.59. The van der Waals surface area contributed by atoms with Gasteiger partial charge in [-0.1, -0.05) is 47.7 Å². The Kier molecular flexibility index (Phi) is 3.85. The summed E-state index contributed by atoms with van der Waals surface area (Å²) < 4.78 is 1.06. The van der Waals surface area contributed by atoms with Gasteiger partial charge in [-0.25, -0.2) is 0 Å². The van der Waals surface area contributed by atoms with Gasteiger partial charge in [0, 0.05) is 4.43 Å². The van der Waals surface area contributed by atoms with Crippen LogP contribution in [0.25, 0.3) is 0 Å². The van der Waals surface area contributed by atoms with Gasteiger partial charge in [0.25, 0.3) is 0 Å². The third-order valence-electron chi connectivity index (χ3n) is 2.06. The van der Waals surface area contributed by atoms with E-state index in [1.54, 1.807) is 6.07 Å². The van der Waals surface area contributed by atoms with Crippen LogP contribution in [-0.4, -0.2) is 9.53 Å². The fraction of sp³-hybridized carbons (Fsp3) is 0.400. The van der Waals surface area contributed by atoms with Crippen molar-refractivity contribution < 1.29 is 5.11 Å². The van der Waals surface area contributed by atoms with Gasteiger partial charge in [-0.05, 0) is 24.0 Å². The van der Waals surface area contributed by atoms with Crippen molar-refractivity contribution in [3.63, 3.8) is 0 Å². The van der Waals surface area contributed by atoms with Gasteiger partial charge in [0.15, 0.2) is 0 Å². The molecule has 0 spiro atoms.